The van der Waals surface area contributed by atoms with Gasteiger partial charge in [0.05, 0.1) is 4.92 Å². The monoisotopic (exact) mass is 511 g/mol. The molecule has 0 bridgehead atoms. The number of benzene rings is 4. The van der Waals surface area contributed by atoms with E-state index in [0.717, 1.165) is 27.3 Å². The van der Waals surface area contributed by atoms with E-state index < -0.39 is 10.2 Å². The maximum Gasteiger partial charge on any atom is 0.269 e. The minimum atomic E-state index is -0.511. The summed E-state index contributed by atoms with van der Waals surface area (Å²) in [5, 5.41) is 16.2. The Hall–Kier alpha value is -4.43. The zero-order valence-corrected chi connectivity index (χ0v) is 21.1. The van der Waals surface area contributed by atoms with Crippen LogP contribution in [0.15, 0.2) is 102 Å². The summed E-state index contributed by atoms with van der Waals surface area (Å²) >= 11 is 1.42. The van der Waals surface area contributed by atoms with Crippen molar-refractivity contribution in [3.8, 4) is 0 Å². The first-order valence-corrected chi connectivity index (χ1v) is 12.4. The lowest BCUT2D eigenvalue weighted by molar-refractivity contribution is -0.384. The van der Waals surface area contributed by atoms with E-state index in [2.05, 4.69) is 10.6 Å². The van der Waals surface area contributed by atoms with Crippen molar-refractivity contribution >= 4 is 40.6 Å². The SMILES string of the molecule is Cc1cccc(C)c1NC(=O)C(Sc1ccc(NC(=O)c2ccc([N+](=O)[O-])cc2)cc1)c1ccccc1. The van der Waals surface area contributed by atoms with Crippen molar-refractivity contribution in [1.29, 1.82) is 0 Å². The predicted octanol–water partition coefficient (Wildman–Crippen LogP) is 6.94. The van der Waals surface area contributed by atoms with E-state index in [4.69, 9.17) is 0 Å². The zero-order chi connectivity index (χ0) is 26.4. The third-order valence-corrected chi connectivity index (χ3v) is 7.04. The lowest BCUT2D eigenvalue weighted by atomic mass is 10.1. The fraction of sp³-hybridized carbons (Fsp3) is 0.103. The molecule has 0 fully saturated rings. The molecule has 4 aromatic rings. The molecule has 8 heteroatoms. The van der Waals surface area contributed by atoms with Gasteiger partial charge in [0.15, 0.2) is 0 Å². The Labute approximate surface area is 219 Å². The third-order valence-electron chi connectivity index (χ3n) is 5.78. The van der Waals surface area contributed by atoms with E-state index in [-0.39, 0.29) is 17.5 Å². The minimum absolute atomic E-state index is 0.0764. The summed E-state index contributed by atoms with van der Waals surface area (Å²) in [7, 11) is 0. The average Bonchev–Trinajstić information content (AvgIpc) is 2.90. The quantitative estimate of drug-likeness (QED) is 0.152. The maximum atomic E-state index is 13.4. The second-order valence-corrected chi connectivity index (χ2v) is 9.63. The van der Waals surface area contributed by atoms with Gasteiger partial charge in [-0.2, -0.15) is 0 Å². The second kappa shape index (κ2) is 11.5. The topological polar surface area (TPSA) is 101 Å². The van der Waals surface area contributed by atoms with Crippen molar-refractivity contribution in [2.45, 2.75) is 24.0 Å². The number of nitro benzene ring substituents is 1. The highest BCUT2D eigenvalue weighted by Crippen LogP contribution is 2.37. The smallest absolute Gasteiger partial charge is 0.269 e. The molecule has 37 heavy (non-hydrogen) atoms. The molecule has 0 spiro atoms. The van der Waals surface area contributed by atoms with E-state index in [9.17, 15) is 19.7 Å². The number of hydrogen-bond donors (Lipinski definition) is 2. The van der Waals surface area contributed by atoms with Gasteiger partial charge in [0.1, 0.15) is 5.25 Å². The number of anilines is 2. The van der Waals surface area contributed by atoms with E-state index in [1.165, 1.54) is 36.0 Å². The molecule has 4 rings (SSSR count). The average molecular weight is 512 g/mol. The standard InChI is InChI=1S/C29H25N3O4S/c1-19-7-6-8-20(2)26(19)31-29(34)27(21-9-4-3-5-10-21)37-25-17-13-23(14-18-25)30-28(33)22-11-15-24(16-12-22)32(35)36/h3-18,27H,1-2H3,(H,30,33)(H,31,34). The molecule has 0 aliphatic heterocycles. The number of carbonyl (C=O) groups is 2. The molecule has 4 aromatic carbocycles. The molecule has 0 heterocycles. The Bertz CT molecular complexity index is 1400. The lowest BCUT2D eigenvalue weighted by Gasteiger charge is -2.19. The summed E-state index contributed by atoms with van der Waals surface area (Å²) in [6, 6.07) is 28.1. The minimum Gasteiger partial charge on any atom is -0.324 e. The van der Waals surface area contributed by atoms with Gasteiger partial charge in [0.2, 0.25) is 5.91 Å². The van der Waals surface area contributed by atoms with Crippen LogP contribution >= 0.6 is 11.8 Å². The summed E-state index contributed by atoms with van der Waals surface area (Å²) in [5.41, 5.74) is 4.51. The Kier molecular flexibility index (Phi) is 8.00. The largest absolute Gasteiger partial charge is 0.324 e. The second-order valence-electron chi connectivity index (χ2n) is 8.45. The molecular formula is C29H25N3O4S. The first-order valence-electron chi connectivity index (χ1n) is 11.6. The number of nitrogens with zero attached hydrogens (tertiary/aromatic N) is 1. The number of rotatable bonds is 8. The molecule has 0 aromatic heterocycles. The summed E-state index contributed by atoms with van der Waals surface area (Å²) < 4.78 is 0. The number of nitrogens with one attached hydrogen (secondary N) is 2. The van der Waals surface area contributed by atoms with Crippen molar-refractivity contribution in [2.75, 3.05) is 10.6 Å². The molecule has 0 aliphatic rings. The third kappa shape index (κ3) is 6.42. The first-order chi connectivity index (χ1) is 17.8. The van der Waals surface area contributed by atoms with Crippen LogP contribution in [0.1, 0.15) is 32.3 Å². The zero-order valence-electron chi connectivity index (χ0n) is 20.3. The van der Waals surface area contributed by atoms with Crippen LogP contribution in [0.4, 0.5) is 17.1 Å². The predicted molar refractivity (Wildman–Crippen MR) is 147 cm³/mol. The molecule has 0 aliphatic carbocycles. The lowest BCUT2D eigenvalue weighted by Crippen LogP contribution is -2.20. The molecule has 2 N–H and O–H groups in total. The van der Waals surface area contributed by atoms with Crippen LogP contribution in [-0.4, -0.2) is 16.7 Å². The summed E-state index contributed by atoms with van der Waals surface area (Å²) in [5.74, 6) is -0.491. The van der Waals surface area contributed by atoms with Crippen molar-refractivity contribution in [3.05, 3.63) is 129 Å². The van der Waals surface area contributed by atoms with Gasteiger partial charge in [-0.3, -0.25) is 19.7 Å². The van der Waals surface area contributed by atoms with E-state index in [1.807, 2.05) is 74.5 Å². The highest BCUT2D eigenvalue weighted by Gasteiger charge is 2.23. The maximum absolute atomic E-state index is 13.4. The van der Waals surface area contributed by atoms with Gasteiger partial charge in [-0.1, -0.05) is 48.5 Å². The van der Waals surface area contributed by atoms with Crippen LogP contribution in [0.5, 0.6) is 0 Å². The number of thioether (sulfide) groups is 1. The van der Waals surface area contributed by atoms with Gasteiger partial charge in [-0.05, 0) is 66.9 Å². The Morgan fingerprint density at radius 3 is 2.00 bits per heavy atom. The van der Waals surface area contributed by atoms with Crippen LogP contribution in [-0.2, 0) is 4.79 Å². The fourth-order valence-electron chi connectivity index (χ4n) is 3.79. The van der Waals surface area contributed by atoms with Gasteiger partial charge < -0.3 is 10.6 Å². The fourth-order valence-corrected chi connectivity index (χ4v) is 4.82. The van der Waals surface area contributed by atoms with Crippen molar-refractivity contribution in [3.63, 3.8) is 0 Å². The molecule has 0 saturated heterocycles. The van der Waals surface area contributed by atoms with Crippen LogP contribution in [0, 0.1) is 24.0 Å². The van der Waals surface area contributed by atoms with E-state index in [0.29, 0.717) is 11.3 Å². The van der Waals surface area contributed by atoms with Gasteiger partial charge in [0.25, 0.3) is 11.6 Å². The molecule has 1 atom stereocenters. The van der Waals surface area contributed by atoms with Crippen LogP contribution in [0.2, 0.25) is 0 Å². The number of nitro groups is 1. The van der Waals surface area contributed by atoms with Gasteiger partial charge in [0, 0.05) is 34.0 Å². The number of para-hydroxylation sites is 1. The number of carbonyl (C=O) groups excluding carboxylic acids is 2. The van der Waals surface area contributed by atoms with Crippen molar-refractivity contribution in [1.82, 2.24) is 0 Å². The number of non-ortho nitro benzene ring substituents is 1. The van der Waals surface area contributed by atoms with Crippen LogP contribution < -0.4 is 10.6 Å². The molecule has 186 valence electrons. The molecule has 0 radical (unpaired) electrons. The van der Waals surface area contributed by atoms with Crippen LogP contribution in [0.25, 0.3) is 0 Å². The van der Waals surface area contributed by atoms with Crippen molar-refractivity contribution < 1.29 is 14.5 Å². The number of hydrogen-bond acceptors (Lipinski definition) is 5. The molecule has 7 nitrogen and oxygen atoms in total. The van der Waals surface area contributed by atoms with Gasteiger partial charge in [-0.15, -0.1) is 11.8 Å². The normalized spacial score (nSPS) is 11.4. The first kappa shape index (κ1) is 25.7. The Balaban J connectivity index is 1.49. The number of amides is 2. The van der Waals surface area contributed by atoms with Gasteiger partial charge >= 0.3 is 0 Å². The highest BCUT2D eigenvalue weighted by atomic mass is 32.2. The van der Waals surface area contributed by atoms with Crippen LogP contribution in [0.3, 0.4) is 0 Å². The van der Waals surface area contributed by atoms with E-state index in [1.54, 1.807) is 12.1 Å². The summed E-state index contributed by atoms with van der Waals surface area (Å²) in [4.78, 5) is 37.1. The molecular weight excluding hydrogens is 486 g/mol. The number of aryl methyl sites for hydroxylation is 2. The Morgan fingerprint density at radius 2 is 1.41 bits per heavy atom. The summed E-state index contributed by atoms with van der Waals surface area (Å²) in [6.07, 6.45) is 0. The highest BCUT2D eigenvalue weighted by molar-refractivity contribution is 8.00. The molecule has 2 amide bonds. The van der Waals surface area contributed by atoms with Crippen molar-refractivity contribution in [2.24, 2.45) is 0 Å². The molecule has 1 unspecified atom stereocenters. The molecule has 0 saturated carbocycles. The van der Waals surface area contributed by atoms with E-state index >= 15 is 0 Å². The van der Waals surface area contributed by atoms with Gasteiger partial charge in [-0.25, -0.2) is 0 Å². The Morgan fingerprint density at radius 1 is 0.784 bits per heavy atom. The summed E-state index contributed by atoms with van der Waals surface area (Å²) in [6.45, 7) is 3.94.